The Morgan fingerprint density at radius 2 is 2.36 bits per heavy atom. The second-order valence-corrected chi connectivity index (χ2v) is 3.96. The first-order valence-electron chi connectivity index (χ1n) is 4.85. The lowest BCUT2D eigenvalue weighted by atomic mass is 10.4. The Kier molecular flexibility index (Phi) is 4.46. The highest BCUT2D eigenvalue weighted by molar-refractivity contribution is 7.09. The molecule has 1 aromatic heterocycles. The van der Waals surface area contributed by atoms with Crippen LogP contribution in [0.1, 0.15) is 18.7 Å². The van der Waals surface area contributed by atoms with Crippen LogP contribution >= 0.6 is 11.3 Å². The average molecular weight is 211 g/mol. The van der Waals surface area contributed by atoms with E-state index in [2.05, 4.69) is 34.3 Å². The van der Waals surface area contributed by atoms with Crippen molar-refractivity contribution < 1.29 is 0 Å². The van der Waals surface area contributed by atoms with Crippen LogP contribution in [0.2, 0.25) is 0 Å². The van der Waals surface area contributed by atoms with Gasteiger partial charge in [0.15, 0.2) is 5.96 Å². The molecule has 0 radical (unpaired) electrons. The molecule has 1 heterocycles. The van der Waals surface area contributed by atoms with Crippen LogP contribution < -0.4 is 5.73 Å². The largest absolute Gasteiger partial charge is 0.370 e. The van der Waals surface area contributed by atoms with Gasteiger partial charge in [0.1, 0.15) is 0 Å². The number of rotatable bonds is 4. The monoisotopic (exact) mass is 211 g/mol. The van der Waals surface area contributed by atoms with Crippen LogP contribution in [-0.4, -0.2) is 23.9 Å². The van der Waals surface area contributed by atoms with Crippen molar-refractivity contribution in [2.24, 2.45) is 10.7 Å². The lowest BCUT2D eigenvalue weighted by Crippen LogP contribution is -2.36. The average Bonchev–Trinajstić information content (AvgIpc) is 2.66. The predicted octanol–water partition coefficient (Wildman–Crippen LogP) is 1.90. The molecular weight excluding hydrogens is 194 g/mol. The van der Waals surface area contributed by atoms with Crippen molar-refractivity contribution in [2.45, 2.75) is 20.4 Å². The lowest BCUT2D eigenvalue weighted by Gasteiger charge is -2.20. The third-order valence-electron chi connectivity index (χ3n) is 1.95. The van der Waals surface area contributed by atoms with Crippen molar-refractivity contribution in [3.8, 4) is 0 Å². The molecule has 2 N–H and O–H groups in total. The first-order chi connectivity index (χ1) is 6.77. The Labute approximate surface area is 89.3 Å². The van der Waals surface area contributed by atoms with Crippen molar-refractivity contribution in [3.63, 3.8) is 0 Å². The van der Waals surface area contributed by atoms with Crippen LogP contribution in [-0.2, 0) is 6.54 Å². The highest BCUT2D eigenvalue weighted by Gasteiger charge is 2.05. The van der Waals surface area contributed by atoms with Crippen LogP contribution in [0.25, 0.3) is 0 Å². The molecule has 1 aromatic rings. The molecule has 1 rings (SSSR count). The molecule has 0 unspecified atom stereocenters. The maximum absolute atomic E-state index is 5.84. The summed E-state index contributed by atoms with van der Waals surface area (Å²) in [5, 5.41) is 2.08. The fourth-order valence-corrected chi connectivity index (χ4v) is 1.93. The van der Waals surface area contributed by atoms with Crippen LogP contribution in [0, 0.1) is 0 Å². The predicted molar refractivity (Wildman–Crippen MR) is 62.6 cm³/mol. The first-order valence-corrected chi connectivity index (χ1v) is 5.73. The molecule has 0 aromatic carbocycles. The fourth-order valence-electron chi connectivity index (χ4n) is 1.21. The van der Waals surface area contributed by atoms with E-state index in [4.69, 9.17) is 5.73 Å². The molecule has 14 heavy (non-hydrogen) atoms. The minimum atomic E-state index is 0.642. The van der Waals surface area contributed by atoms with Gasteiger partial charge >= 0.3 is 0 Å². The van der Waals surface area contributed by atoms with Crippen LogP contribution in [0.15, 0.2) is 22.5 Å². The second kappa shape index (κ2) is 5.65. The summed E-state index contributed by atoms with van der Waals surface area (Å²) in [5.41, 5.74) is 5.84. The minimum absolute atomic E-state index is 0.642. The number of hydrogen-bond donors (Lipinski definition) is 1. The normalized spacial score (nSPS) is 11.7. The molecule has 0 saturated carbocycles. The van der Waals surface area contributed by atoms with Crippen LogP contribution in [0.5, 0.6) is 0 Å². The molecule has 0 amide bonds. The summed E-state index contributed by atoms with van der Waals surface area (Å²) in [4.78, 5) is 7.60. The van der Waals surface area contributed by atoms with E-state index >= 15 is 0 Å². The van der Waals surface area contributed by atoms with Gasteiger partial charge in [0, 0.05) is 18.0 Å². The van der Waals surface area contributed by atoms with Gasteiger partial charge in [0.05, 0.1) is 6.54 Å². The van der Waals surface area contributed by atoms with Gasteiger partial charge in [-0.2, -0.15) is 0 Å². The lowest BCUT2D eigenvalue weighted by molar-refractivity contribution is 0.433. The van der Waals surface area contributed by atoms with E-state index in [-0.39, 0.29) is 0 Å². The van der Waals surface area contributed by atoms with E-state index in [9.17, 15) is 0 Å². The Bertz CT molecular complexity index is 280. The van der Waals surface area contributed by atoms with Gasteiger partial charge in [0.25, 0.3) is 0 Å². The summed E-state index contributed by atoms with van der Waals surface area (Å²) in [7, 11) is 0. The van der Waals surface area contributed by atoms with Gasteiger partial charge in [-0.25, -0.2) is 0 Å². The van der Waals surface area contributed by atoms with Crippen LogP contribution in [0.4, 0.5) is 0 Å². The maximum atomic E-state index is 5.84. The summed E-state index contributed by atoms with van der Waals surface area (Å²) < 4.78 is 0. The SMILES string of the molecule is CCN=C(N)N(CC)Cc1cccs1. The number of guanidine groups is 1. The first kappa shape index (κ1) is 11.0. The molecule has 0 spiro atoms. The van der Waals surface area contributed by atoms with Gasteiger partial charge in [-0.3, -0.25) is 4.99 Å². The van der Waals surface area contributed by atoms with Crippen molar-refractivity contribution >= 4 is 17.3 Å². The molecule has 0 aliphatic heterocycles. The second-order valence-electron chi connectivity index (χ2n) is 2.93. The number of aliphatic imine (C=N–C) groups is 1. The molecule has 0 saturated heterocycles. The zero-order valence-electron chi connectivity index (χ0n) is 8.73. The summed E-state index contributed by atoms with van der Waals surface area (Å²) in [5.74, 6) is 0.642. The van der Waals surface area contributed by atoms with E-state index in [1.54, 1.807) is 11.3 Å². The molecule has 3 nitrogen and oxygen atoms in total. The van der Waals surface area contributed by atoms with Crippen LogP contribution in [0.3, 0.4) is 0 Å². The van der Waals surface area contributed by atoms with Crippen molar-refractivity contribution in [1.82, 2.24) is 4.90 Å². The quantitative estimate of drug-likeness (QED) is 0.610. The third kappa shape index (κ3) is 3.03. The number of thiophene rings is 1. The maximum Gasteiger partial charge on any atom is 0.191 e. The summed E-state index contributed by atoms with van der Waals surface area (Å²) in [6, 6.07) is 4.17. The van der Waals surface area contributed by atoms with Crippen molar-refractivity contribution in [2.75, 3.05) is 13.1 Å². The molecule has 0 atom stereocenters. The van der Waals surface area contributed by atoms with E-state index in [0.717, 1.165) is 19.6 Å². The molecule has 0 fully saturated rings. The zero-order valence-corrected chi connectivity index (χ0v) is 9.55. The Hall–Kier alpha value is -1.03. The molecule has 0 aliphatic carbocycles. The van der Waals surface area contributed by atoms with E-state index < -0.39 is 0 Å². The smallest absolute Gasteiger partial charge is 0.191 e. The molecule has 4 heteroatoms. The van der Waals surface area contributed by atoms with E-state index in [1.165, 1.54) is 4.88 Å². The molecule has 78 valence electrons. The Morgan fingerprint density at radius 1 is 1.57 bits per heavy atom. The topological polar surface area (TPSA) is 41.6 Å². The highest BCUT2D eigenvalue weighted by Crippen LogP contribution is 2.11. The number of nitrogens with zero attached hydrogens (tertiary/aromatic N) is 2. The minimum Gasteiger partial charge on any atom is -0.370 e. The highest BCUT2D eigenvalue weighted by atomic mass is 32.1. The molecular formula is C10H17N3S. The van der Waals surface area contributed by atoms with Gasteiger partial charge < -0.3 is 10.6 Å². The Balaban J connectivity index is 2.59. The van der Waals surface area contributed by atoms with Crippen molar-refractivity contribution in [3.05, 3.63) is 22.4 Å². The van der Waals surface area contributed by atoms with Gasteiger partial charge in [-0.15, -0.1) is 11.3 Å². The van der Waals surface area contributed by atoms with E-state index in [0.29, 0.717) is 5.96 Å². The summed E-state index contributed by atoms with van der Waals surface area (Å²) in [6.45, 7) is 6.58. The number of nitrogens with two attached hydrogens (primary N) is 1. The fraction of sp³-hybridized carbons (Fsp3) is 0.500. The third-order valence-corrected chi connectivity index (χ3v) is 2.81. The van der Waals surface area contributed by atoms with Gasteiger partial charge in [-0.05, 0) is 25.3 Å². The van der Waals surface area contributed by atoms with Crippen molar-refractivity contribution in [1.29, 1.82) is 0 Å². The molecule has 0 aliphatic rings. The summed E-state index contributed by atoms with van der Waals surface area (Å²) >= 11 is 1.75. The van der Waals surface area contributed by atoms with E-state index in [1.807, 2.05) is 6.92 Å². The van der Waals surface area contributed by atoms with Gasteiger partial charge in [0.2, 0.25) is 0 Å². The summed E-state index contributed by atoms with van der Waals surface area (Å²) in [6.07, 6.45) is 0. The van der Waals surface area contributed by atoms with Gasteiger partial charge in [-0.1, -0.05) is 6.07 Å². The standard InChI is InChI=1S/C10H17N3S/c1-3-12-10(11)13(4-2)8-9-6-5-7-14-9/h5-7H,3-4,8H2,1-2H3,(H2,11,12). The number of hydrogen-bond acceptors (Lipinski definition) is 2. The zero-order chi connectivity index (χ0) is 10.4. The molecule has 0 bridgehead atoms. The Morgan fingerprint density at radius 3 is 2.86 bits per heavy atom.